The lowest BCUT2D eigenvalue weighted by molar-refractivity contribution is 0.498. The first-order valence-corrected chi connectivity index (χ1v) is 4.91. The summed E-state index contributed by atoms with van der Waals surface area (Å²) < 4.78 is 65.3. The summed E-state index contributed by atoms with van der Waals surface area (Å²) in [4.78, 5) is 3.27. The second kappa shape index (κ2) is 4.71. The molecule has 0 bridgehead atoms. The Hall–Kier alpha value is -2.38. The third-order valence-electron chi connectivity index (χ3n) is 2.20. The fraction of sp³-hybridized carbons (Fsp3) is 0. The SMILES string of the molecule is Nc1nc(Nc2cc(F)cc(F)c2F)c(F)cc1F. The van der Waals surface area contributed by atoms with Crippen molar-refractivity contribution in [1.29, 1.82) is 0 Å². The zero-order chi connectivity index (χ0) is 14.2. The summed E-state index contributed by atoms with van der Waals surface area (Å²) in [6.07, 6.45) is 0. The number of benzene rings is 1. The van der Waals surface area contributed by atoms with Crippen LogP contribution < -0.4 is 11.1 Å². The average molecular weight is 275 g/mol. The summed E-state index contributed by atoms with van der Waals surface area (Å²) >= 11 is 0. The van der Waals surface area contributed by atoms with Crippen molar-refractivity contribution < 1.29 is 22.0 Å². The van der Waals surface area contributed by atoms with Crippen molar-refractivity contribution in [3.05, 3.63) is 47.3 Å². The van der Waals surface area contributed by atoms with Crippen LogP contribution in [-0.4, -0.2) is 4.98 Å². The fourth-order valence-electron chi connectivity index (χ4n) is 1.34. The van der Waals surface area contributed by atoms with Crippen molar-refractivity contribution in [3.63, 3.8) is 0 Å². The van der Waals surface area contributed by atoms with Crippen LogP contribution in [0.3, 0.4) is 0 Å². The van der Waals surface area contributed by atoms with Crippen LogP contribution in [0.2, 0.25) is 0 Å². The van der Waals surface area contributed by atoms with Gasteiger partial charge in [0.2, 0.25) is 0 Å². The van der Waals surface area contributed by atoms with Crippen molar-refractivity contribution in [3.8, 4) is 0 Å². The predicted molar refractivity (Wildman–Crippen MR) is 58.2 cm³/mol. The van der Waals surface area contributed by atoms with Gasteiger partial charge in [0, 0.05) is 18.2 Å². The maximum absolute atomic E-state index is 13.3. The van der Waals surface area contributed by atoms with E-state index in [4.69, 9.17) is 5.73 Å². The van der Waals surface area contributed by atoms with E-state index in [9.17, 15) is 22.0 Å². The van der Waals surface area contributed by atoms with Crippen LogP contribution in [0.15, 0.2) is 18.2 Å². The first-order chi connectivity index (χ1) is 8.88. The highest BCUT2D eigenvalue weighted by Gasteiger charge is 2.15. The van der Waals surface area contributed by atoms with Crippen molar-refractivity contribution in [2.75, 3.05) is 11.1 Å². The Morgan fingerprint density at radius 1 is 0.895 bits per heavy atom. The lowest BCUT2D eigenvalue weighted by Crippen LogP contribution is -2.05. The van der Waals surface area contributed by atoms with E-state index in [0.29, 0.717) is 18.2 Å². The molecule has 0 unspecified atom stereocenters. The molecule has 0 amide bonds. The molecule has 0 radical (unpaired) electrons. The molecule has 0 spiro atoms. The summed E-state index contributed by atoms with van der Waals surface area (Å²) in [7, 11) is 0. The number of halogens is 5. The van der Waals surface area contributed by atoms with Crippen molar-refractivity contribution >= 4 is 17.3 Å². The van der Waals surface area contributed by atoms with Gasteiger partial charge in [-0.3, -0.25) is 0 Å². The molecule has 8 heteroatoms. The Balaban J connectivity index is 2.44. The first-order valence-electron chi connectivity index (χ1n) is 4.91. The zero-order valence-corrected chi connectivity index (χ0v) is 9.15. The van der Waals surface area contributed by atoms with Crippen LogP contribution in [0, 0.1) is 29.1 Å². The summed E-state index contributed by atoms with van der Waals surface area (Å²) in [5, 5.41) is 2.00. The van der Waals surface area contributed by atoms with E-state index in [0.717, 1.165) is 0 Å². The highest BCUT2D eigenvalue weighted by atomic mass is 19.2. The number of hydrogen-bond donors (Lipinski definition) is 2. The van der Waals surface area contributed by atoms with Crippen LogP contribution in [0.5, 0.6) is 0 Å². The number of nitrogens with one attached hydrogen (secondary N) is 1. The molecule has 100 valence electrons. The highest BCUT2D eigenvalue weighted by molar-refractivity contribution is 5.59. The standard InChI is InChI=1S/C11H6F5N3/c12-4-1-5(13)9(16)8(2-4)18-11-7(15)3-6(14)10(17)19-11/h1-3H,(H3,17,18,19). The number of nitrogen functional groups attached to an aromatic ring is 1. The normalized spacial score (nSPS) is 10.6. The Bertz CT molecular complexity index is 645. The number of nitrogens with zero attached hydrogens (tertiary/aromatic N) is 1. The molecule has 19 heavy (non-hydrogen) atoms. The zero-order valence-electron chi connectivity index (χ0n) is 9.15. The molecule has 0 atom stereocenters. The number of nitrogens with two attached hydrogens (primary N) is 1. The summed E-state index contributed by atoms with van der Waals surface area (Å²) in [6.45, 7) is 0. The van der Waals surface area contributed by atoms with Gasteiger partial charge < -0.3 is 11.1 Å². The minimum absolute atomic E-state index is 0.323. The van der Waals surface area contributed by atoms with Gasteiger partial charge in [0.05, 0.1) is 5.69 Å². The number of rotatable bonds is 2. The minimum Gasteiger partial charge on any atom is -0.381 e. The molecule has 0 aliphatic carbocycles. The van der Waals surface area contributed by atoms with Gasteiger partial charge in [-0.05, 0) is 0 Å². The lowest BCUT2D eigenvalue weighted by Gasteiger charge is -2.09. The number of aromatic nitrogens is 1. The van der Waals surface area contributed by atoms with E-state index in [2.05, 4.69) is 4.98 Å². The van der Waals surface area contributed by atoms with Gasteiger partial charge in [-0.15, -0.1) is 0 Å². The Morgan fingerprint density at radius 2 is 1.58 bits per heavy atom. The van der Waals surface area contributed by atoms with Gasteiger partial charge in [0.25, 0.3) is 0 Å². The molecule has 1 aromatic heterocycles. The molecular formula is C11H6F5N3. The molecule has 1 heterocycles. The van der Waals surface area contributed by atoms with Crippen molar-refractivity contribution in [2.24, 2.45) is 0 Å². The largest absolute Gasteiger partial charge is 0.381 e. The summed E-state index contributed by atoms with van der Waals surface area (Å²) in [5.74, 6) is -7.53. The summed E-state index contributed by atoms with van der Waals surface area (Å²) in [6, 6.07) is 1.33. The third kappa shape index (κ3) is 2.56. The quantitative estimate of drug-likeness (QED) is 0.654. The van der Waals surface area contributed by atoms with E-state index < -0.39 is 46.4 Å². The number of anilines is 3. The third-order valence-corrected chi connectivity index (χ3v) is 2.20. The Morgan fingerprint density at radius 3 is 2.26 bits per heavy atom. The van der Waals surface area contributed by atoms with E-state index in [1.807, 2.05) is 5.32 Å². The Labute approximate surface area is 103 Å². The Kier molecular flexibility index (Phi) is 3.24. The van der Waals surface area contributed by atoms with Crippen LogP contribution >= 0.6 is 0 Å². The molecule has 0 saturated heterocycles. The van der Waals surface area contributed by atoms with E-state index in [1.165, 1.54) is 0 Å². The maximum Gasteiger partial charge on any atom is 0.182 e. The van der Waals surface area contributed by atoms with Gasteiger partial charge in [0.1, 0.15) is 5.82 Å². The number of hydrogen-bond acceptors (Lipinski definition) is 3. The van der Waals surface area contributed by atoms with Gasteiger partial charge in [0.15, 0.2) is 34.9 Å². The molecule has 3 nitrogen and oxygen atoms in total. The molecule has 3 N–H and O–H groups in total. The van der Waals surface area contributed by atoms with E-state index >= 15 is 0 Å². The van der Waals surface area contributed by atoms with Crippen LogP contribution in [0.25, 0.3) is 0 Å². The monoisotopic (exact) mass is 275 g/mol. The molecule has 2 rings (SSSR count). The van der Waals surface area contributed by atoms with Gasteiger partial charge in [-0.1, -0.05) is 0 Å². The minimum atomic E-state index is -1.46. The smallest absolute Gasteiger partial charge is 0.182 e. The lowest BCUT2D eigenvalue weighted by atomic mass is 10.2. The highest BCUT2D eigenvalue weighted by Crippen LogP contribution is 2.25. The first kappa shape index (κ1) is 13.1. The molecule has 0 aliphatic rings. The molecular weight excluding hydrogens is 269 g/mol. The molecule has 0 aliphatic heterocycles. The van der Waals surface area contributed by atoms with Crippen LogP contribution in [0.1, 0.15) is 0 Å². The second-order valence-corrected chi connectivity index (χ2v) is 3.56. The molecule has 2 aromatic rings. The number of pyridine rings is 1. The fourth-order valence-corrected chi connectivity index (χ4v) is 1.34. The van der Waals surface area contributed by atoms with Gasteiger partial charge in [-0.2, -0.15) is 0 Å². The second-order valence-electron chi connectivity index (χ2n) is 3.56. The molecule has 0 saturated carbocycles. The molecule has 1 aromatic carbocycles. The van der Waals surface area contributed by atoms with E-state index in [-0.39, 0.29) is 0 Å². The molecule has 0 fully saturated rings. The topological polar surface area (TPSA) is 50.9 Å². The predicted octanol–water partition coefficient (Wildman–Crippen LogP) is 3.10. The average Bonchev–Trinajstić information content (AvgIpc) is 2.32. The van der Waals surface area contributed by atoms with Crippen LogP contribution in [-0.2, 0) is 0 Å². The van der Waals surface area contributed by atoms with Gasteiger partial charge in [-0.25, -0.2) is 26.9 Å². The summed E-state index contributed by atoms with van der Waals surface area (Å²) in [5.41, 5.74) is 4.42. The van der Waals surface area contributed by atoms with Crippen molar-refractivity contribution in [1.82, 2.24) is 4.98 Å². The van der Waals surface area contributed by atoms with Gasteiger partial charge >= 0.3 is 0 Å². The maximum atomic E-state index is 13.3. The van der Waals surface area contributed by atoms with Crippen LogP contribution in [0.4, 0.5) is 39.3 Å². The van der Waals surface area contributed by atoms with Crippen molar-refractivity contribution in [2.45, 2.75) is 0 Å². The van der Waals surface area contributed by atoms with E-state index in [1.54, 1.807) is 0 Å².